The molecule has 0 aliphatic heterocycles. The van der Waals surface area contributed by atoms with Gasteiger partial charge >= 0.3 is 7.60 Å². The fourth-order valence-electron chi connectivity index (χ4n) is 3.35. The van der Waals surface area contributed by atoms with Gasteiger partial charge in [-0.2, -0.15) is 0 Å². The van der Waals surface area contributed by atoms with Crippen LogP contribution in [0.5, 0.6) is 11.5 Å². The number of benzene rings is 4. The van der Waals surface area contributed by atoms with E-state index in [-0.39, 0.29) is 0 Å². The minimum atomic E-state index is -3.69. The van der Waals surface area contributed by atoms with Gasteiger partial charge in [-0.15, -0.1) is 0 Å². The molecule has 0 aliphatic rings. The van der Waals surface area contributed by atoms with Crippen LogP contribution >= 0.6 is 7.60 Å². The Kier molecular flexibility index (Phi) is 6.83. The molecule has 0 radical (unpaired) electrons. The van der Waals surface area contributed by atoms with E-state index in [2.05, 4.69) is 12.1 Å². The van der Waals surface area contributed by atoms with Gasteiger partial charge in [0.1, 0.15) is 18.0 Å². The summed E-state index contributed by atoms with van der Waals surface area (Å²) in [5.74, 6) is 0.473. The van der Waals surface area contributed by atoms with Crippen LogP contribution < -0.4 is 14.4 Å². The summed E-state index contributed by atoms with van der Waals surface area (Å²) in [6, 6.07) is 38.2. The van der Waals surface area contributed by atoms with E-state index in [0.717, 1.165) is 11.1 Å². The fraction of sp³-hybridized carbons (Fsp3) is 0.0769. The van der Waals surface area contributed by atoms with Crippen molar-refractivity contribution in [2.45, 2.75) is 12.3 Å². The largest absolute Gasteiger partial charge is 0.492 e. The molecule has 0 spiro atoms. The first kappa shape index (κ1) is 20.9. The highest BCUT2D eigenvalue weighted by Crippen LogP contribution is 2.57. The third-order valence-corrected chi connectivity index (χ3v) is 6.97. The molecule has 31 heavy (non-hydrogen) atoms. The highest BCUT2D eigenvalue weighted by molar-refractivity contribution is 7.54. The Morgan fingerprint density at radius 1 is 0.613 bits per heavy atom. The van der Waals surface area contributed by atoms with Gasteiger partial charge in [0.2, 0.25) is 5.78 Å². The molecule has 5 heteroatoms. The number of hydrogen-bond acceptors (Lipinski definition) is 3. The van der Waals surface area contributed by atoms with Gasteiger partial charge in [0, 0.05) is 11.1 Å². The van der Waals surface area contributed by atoms with Crippen molar-refractivity contribution in [3.05, 3.63) is 132 Å². The fourth-order valence-corrected chi connectivity index (χ4v) is 5.34. The Morgan fingerprint density at radius 3 is 1.52 bits per heavy atom. The Morgan fingerprint density at radius 2 is 1.03 bits per heavy atom. The molecule has 0 fully saturated rings. The zero-order chi connectivity index (χ0) is 21.4. The first-order valence-corrected chi connectivity index (χ1v) is 11.9. The van der Waals surface area contributed by atoms with Gasteiger partial charge in [-0.1, -0.05) is 97.1 Å². The van der Waals surface area contributed by atoms with Crippen molar-refractivity contribution in [3.63, 3.8) is 0 Å². The summed E-state index contributed by atoms with van der Waals surface area (Å²) in [5, 5.41) is 2.03. The van der Waals surface area contributed by atoms with Crippen LogP contribution in [-0.4, -0.2) is 0 Å². The second kappa shape index (κ2) is 10.1. The zero-order valence-electron chi connectivity index (χ0n) is 17.1. The average Bonchev–Trinajstić information content (AvgIpc) is 2.82. The van der Waals surface area contributed by atoms with Crippen LogP contribution in [0.4, 0.5) is 0 Å². The monoisotopic (exact) mass is 430 g/mol. The maximum atomic E-state index is 14.4. The first-order chi connectivity index (χ1) is 15.2. The van der Waals surface area contributed by atoms with Crippen LogP contribution in [-0.2, 0) is 11.1 Å². The molecule has 156 valence electrons. The minimum Gasteiger partial charge on any atom is -0.412 e. The summed E-state index contributed by atoms with van der Waals surface area (Å²) in [4.78, 5) is 0. The Hall–Kier alpha value is -3.33. The molecule has 0 saturated heterocycles. The predicted molar refractivity (Wildman–Crippen MR) is 123 cm³/mol. The van der Waals surface area contributed by atoms with Crippen molar-refractivity contribution in [2.75, 3.05) is 0 Å². The number of quaternary nitrogens is 1. The van der Waals surface area contributed by atoms with Crippen molar-refractivity contribution >= 4 is 7.60 Å². The van der Waals surface area contributed by atoms with Gasteiger partial charge in [0.05, 0.1) is 0 Å². The second-order valence-electron chi connectivity index (χ2n) is 7.13. The molecule has 0 amide bonds. The van der Waals surface area contributed by atoms with E-state index in [4.69, 9.17) is 9.05 Å². The minimum absolute atomic E-state index is 0.510. The molecule has 4 aromatic rings. The van der Waals surface area contributed by atoms with E-state index in [9.17, 15) is 4.57 Å². The Bertz CT molecular complexity index is 1060. The lowest BCUT2D eigenvalue weighted by Crippen LogP contribution is -2.83. The first-order valence-electron chi connectivity index (χ1n) is 10.2. The van der Waals surface area contributed by atoms with Crippen molar-refractivity contribution in [1.29, 1.82) is 0 Å². The summed E-state index contributed by atoms with van der Waals surface area (Å²) in [6.45, 7) is 0.640. The van der Waals surface area contributed by atoms with E-state index >= 15 is 0 Å². The summed E-state index contributed by atoms with van der Waals surface area (Å²) in [5.41, 5.74) is 2.02. The van der Waals surface area contributed by atoms with Crippen molar-refractivity contribution in [3.8, 4) is 11.5 Å². The molecule has 0 heterocycles. The van der Waals surface area contributed by atoms with Crippen LogP contribution in [0.25, 0.3) is 0 Å². The van der Waals surface area contributed by atoms with E-state index in [0.29, 0.717) is 18.0 Å². The summed E-state index contributed by atoms with van der Waals surface area (Å²) in [7, 11) is -3.69. The molecular weight excluding hydrogens is 405 g/mol. The lowest BCUT2D eigenvalue weighted by molar-refractivity contribution is -0.693. The van der Waals surface area contributed by atoms with Gasteiger partial charge < -0.3 is 14.4 Å². The molecule has 1 atom stereocenters. The van der Waals surface area contributed by atoms with Gasteiger partial charge in [-0.05, 0) is 24.3 Å². The predicted octanol–water partition coefficient (Wildman–Crippen LogP) is 5.80. The lowest BCUT2D eigenvalue weighted by Gasteiger charge is -2.26. The molecule has 2 N–H and O–H groups in total. The van der Waals surface area contributed by atoms with Gasteiger partial charge in [0.25, 0.3) is 0 Å². The van der Waals surface area contributed by atoms with Crippen molar-refractivity contribution in [2.24, 2.45) is 0 Å². The normalized spacial score (nSPS) is 12.1. The molecule has 0 aliphatic carbocycles. The molecule has 4 nitrogen and oxygen atoms in total. The lowest BCUT2D eigenvalue weighted by atomic mass is 10.2. The van der Waals surface area contributed by atoms with Crippen LogP contribution in [0.15, 0.2) is 121 Å². The van der Waals surface area contributed by atoms with Crippen LogP contribution in [0, 0.1) is 0 Å². The number of hydrogen-bond donors (Lipinski definition) is 1. The Labute approximate surface area is 183 Å². The molecule has 0 bridgehead atoms. The highest BCUT2D eigenvalue weighted by Gasteiger charge is 2.44. The van der Waals surface area contributed by atoms with Gasteiger partial charge in [0.15, 0.2) is 0 Å². The van der Waals surface area contributed by atoms with E-state index in [1.807, 2.05) is 90.2 Å². The van der Waals surface area contributed by atoms with Gasteiger partial charge in [-0.25, -0.2) is 4.57 Å². The maximum absolute atomic E-state index is 14.4. The summed E-state index contributed by atoms with van der Waals surface area (Å²) in [6.07, 6.45) is 0. The van der Waals surface area contributed by atoms with Crippen LogP contribution in [0.2, 0.25) is 0 Å². The number of nitrogens with two attached hydrogens (primary N) is 1. The van der Waals surface area contributed by atoms with Gasteiger partial charge in [-0.3, -0.25) is 0 Å². The SMILES string of the molecule is O=P(Oc1ccccc1)(Oc1ccccc1)[C@@H]([NH2+]Cc1ccccc1)c1ccccc1. The van der Waals surface area contributed by atoms with Crippen molar-refractivity contribution in [1.82, 2.24) is 0 Å². The number of rotatable bonds is 9. The highest BCUT2D eigenvalue weighted by atomic mass is 31.2. The summed E-state index contributed by atoms with van der Waals surface area (Å²) >= 11 is 0. The third-order valence-electron chi connectivity index (χ3n) is 4.85. The molecular formula is C26H25NO3P+. The molecule has 0 unspecified atom stereocenters. The standard InChI is InChI=1S/C26H24NO3P/c28-31(29-24-17-9-3-10-18-24,30-25-19-11-4-12-20-25)26(23-15-7-2-8-16-23)27-21-22-13-5-1-6-14-22/h1-20,26-27H,21H2/p+1/t26-/m1/s1. The van der Waals surface area contributed by atoms with Crippen LogP contribution in [0.3, 0.4) is 0 Å². The molecule has 4 aromatic carbocycles. The number of para-hydroxylation sites is 2. The second-order valence-corrected chi connectivity index (χ2v) is 9.13. The average molecular weight is 430 g/mol. The molecule has 0 aromatic heterocycles. The van der Waals surface area contributed by atoms with E-state index in [1.165, 1.54) is 0 Å². The third kappa shape index (κ3) is 5.64. The Balaban J connectivity index is 1.71. The molecule has 4 rings (SSSR count). The zero-order valence-corrected chi connectivity index (χ0v) is 18.0. The summed E-state index contributed by atoms with van der Waals surface area (Å²) < 4.78 is 26.6. The van der Waals surface area contributed by atoms with Crippen molar-refractivity contribution < 1.29 is 18.9 Å². The van der Waals surface area contributed by atoms with E-state index < -0.39 is 13.4 Å². The van der Waals surface area contributed by atoms with E-state index in [1.54, 1.807) is 24.3 Å². The smallest absolute Gasteiger partial charge is 0.412 e. The molecule has 0 saturated carbocycles. The van der Waals surface area contributed by atoms with Crippen LogP contribution in [0.1, 0.15) is 16.9 Å². The topological polar surface area (TPSA) is 52.1 Å². The quantitative estimate of drug-likeness (QED) is 0.342. The maximum Gasteiger partial charge on any atom is 0.492 e.